The maximum absolute atomic E-state index is 11.9. The van der Waals surface area contributed by atoms with Crippen molar-refractivity contribution >= 4 is 33.5 Å². The summed E-state index contributed by atoms with van der Waals surface area (Å²) in [5.74, 6) is 0. The topological polar surface area (TPSA) is 105 Å². The van der Waals surface area contributed by atoms with Gasteiger partial charge in [0.1, 0.15) is 0 Å². The van der Waals surface area contributed by atoms with Crippen molar-refractivity contribution in [3.63, 3.8) is 0 Å². The Kier molecular flexibility index (Phi) is 5.30. The molecule has 1 heterocycles. The van der Waals surface area contributed by atoms with Crippen LogP contribution < -0.4 is 10.5 Å². The van der Waals surface area contributed by atoms with Crippen LogP contribution in [-0.2, 0) is 14.9 Å². The van der Waals surface area contributed by atoms with Gasteiger partial charge in [-0.05, 0) is 13.8 Å². The van der Waals surface area contributed by atoms with E-state index in [-0.39, 0.29) is 13.1 Å². The number of hydrogen-bond donors (Lipinski definition) is 2. The first-order valence-corrected chi connectivity index (χ1v) is 7.87. The highest BCUT2D eigenvalue weighted by Gasteiger charge is 2.35. The number of piperazine rings is 1. The second kappa shape index (κ2) is 6.20. The standard InChI is InChI=1S/C10H20N4O4S2/c1-10(2,8(11)19)13-4-6-14(7-5-13)20(16,17)12-9(15)18-3/h4-7H2,1-3H3,(H2,11,19)(H,12,15). The predicted octanol–water partition coefficient (Wildman–Crippen LogP) is -0.730. The molecule has 0 spiro atoms. The minimum Gasteiger partial charge on any atom is -0.452 e. The summed E-state index contributed by atoms with van der Waals surface area (Å²) in [6, 6.07) is 0. The molecule has 1 amide bonds. The fraction of sp³-hybridized carbons (Fsp3) is 0.800. The summed E-state index contributed by atoms with van der Waals surface area (Å²) in [6.07, 6.45) is -1.00. The Morgan fingerprint density at radius 3 is 2.20 bits per heavy atom. The summed E-state index contributed by atoms with van der Waals surface area (Å²) in [4.78, 5) is 13.4. The molecule has 1 rings (SSSR count). The number of nitrogens with zero attached hydrogens (tertiary/aromatic N) is 2. The molecule has 0 aromatic heterocycles. The lowest BCUT2D eigenvalue weighted by atomic mass is 10.0. The van der Waals surface area contributed by atoms with Crippen molar-refractivity contribution < 1.29 is 17.9 Å². The van der Waals surface area contributed by atoms with Crippen molar-refractivity contribution in [1.82, 2.24) is 13.9 Å². The van der Waals surface area contributed by atoms with Gasteiger partial charge in [-0.25, -0.2) is 9.52 Å². The fourth-order valence-electron chi connectivity index (χ4n) is 1.85. The van der Waals surface area contributed by atoms with Crippen molar-refractivity contribution in [1.29, 1.82) is 0 Å². The minimum absolute atomic E-state index is 0.248. The Morgan fingerprint density at radius 2 is 1.80 bits per heavy atom. The average Bonchev–Trinajstić information content (AvgIpc) is 2.38. The zero-order valence-electron chi connectivity index (χ0n) is 11.7. The first-order valence-electron chi connectivity index (χ1n) is 6.02. The van der Waals surface area contributed by atoms with Crippen LogP contribution in [0.4, 0.5) is 4.79 Å². The first kappa shape index (κ1) is 17.1. The van der Waals surface area contributed by atoms with Gasteiger partial charge in [0.25, 0.3) is 0 Å². The molecule has 10 heteroatoms. The van der Waals surface area contributed by atoms with Gasteiger partial charge in [-0.15, -0.1) is 0 Å². The van der Waals surface area contributed by atoms with E-state index in [1.807, 2.05) is 23.5 Å². The molecule has 0 aromatic rings. The molecule has 116 valence electrons. The van der Waals surface area contributed by atoms with E-state index in [1.54, 1.807) is 0 Å². The summed E-state index contributed by atoms with van der Waals surface area (Å²) < 4.78 is 31.1. The van der Waals surface area contributed by atoms with E-state index in [0.717, 1.165) is 7.11 Å². The molecule has 1 saturated heterocycles. The van der Waals surface area contributed by atoms with Gasteiger partial charge in [0.2, 0.25) is 0 Å². The molecule has 0 atom stereocenters. The summed E-state index contributed by atoms with van der Waals surface area (Å²) in [5.41, 5.74) is 5.22. The highest BCUT2D eigenvalue weighted by atomic mass is 32.2. The number of nitrogens with one attached hydrogen (secondary N) is 1. The Balaban J connectivity index is 2.67. The molecule has 1 aliphatic rings. The maximum atomic E-state index is 11.9. The van der Waals surface area contributed by atoms with E-state index in [0.29, 0.717) is 18.1 Å². The van der Waals surface area contributed by atoms with Crippen molar-refractivity contribution in [3.8, 4) is 0 Å². The smallest absolute Gasteiger partial charge is 0.421 e. The second-order valence-corrected chi connectivity index (χ2v) is 7.02. The van der Waals surface area contributed by atoms with E-state index < -0.39 is 21.8 Å². The van der Waals surface area contributed by atoms with Crippen LogP contribution in [0.15, 0.2) is 0 Å². The first-order chi connectivity index (χ1) is 9.11. The van der Waals surface area contributed by atoms with Crippen molar-refractivity contribution in [2.24, 2.45) is 5.73 Å². The molecule has 1 aliphatic heterocycles. The lowest BCUT2D eigenvalue weighted by Crippen LogP contribution is -2.61. The number of hydrogen-bond acceptors (Lipinski definition) is 6. The van der Waals surface area contributed by atoms with Crippen LogP contribution in [0.2, 0.25) is 0 Å². The second-order valence-electron chi connectivity index (χ2n) is 4.91. The molecule has 0 aromatic carbocycles. The maximum Gasteiger partial charge on any atom is 0.421 e. The lowest BCUT2D eigenvalue weighted by Gasteiger charge is -2.42. The molecular formula is C10H20N4O4S2. The van der Waals surface area contributed by atoms with Crippen LogP contribution in [0, 0.1) is 0 Å². The van der Waals surface area contributed by atoms with E-state index in [9.17, 15) is 13.2 Å². The number of ether oxygens (including phenoxy) is 1. The normalized spacial score (nSPS) is 18.6. The van der Waals surface area contributed by atoms with Crippen LogP contribution in [0.5, 0.6) is 0 Å². The third-order valence-electron chi connectivity index (χ3n) is 3.37. The monoisotopic (exact) mass is 324 g/mol. The van der Waals surface area contributed by atoms with E-state index >= 15 is 0 Å². The SMILES string of the molecule is COC(=O)NS(=O)(=O)N1CCN(C(C)(C)C(N)=S)CC1. The number of amides is 1. The van der Waals surface area contributed by atoms with Gasteiger partial charge < -0.3 is 10.5 Å². The fourth-order valence-corrected chi connectivity index (χ4v) is 3.05. The molecule has 3 N–H and O–H groups in total. The van der Waals surface area contributed by atoms with E-state index in [1.165, 1.54) is 4.31 Å². The average molecular weight is 324 g/mol. The number of rotatable bonds is 4. The van der Waals surface area contributed by atoms with Crippen LogP contribution in [0.3, 0.4) is 0 Å². The summed E-state index contributed by atoms with van der Waals surface area (Å²) in [7, 11) is -2.76. The van der Waals surface area contributed by atoms with Crippen LogP contribution >= 0.6 is 12.2 Å². The van der Waals surface area contributed by atoms with Gasteiger partial charge in [0.05, 0.1) is 17.6 Å². The molecular weight excluding hydrogens is 304 g/mol. The summed E-state index contributed by atoms with van der Waals surface area (Å²) in [6.45, 7) is 5.24. The van der Waals surface area contributed by atoms with E-state index in [4.69, 9.17) is 18.0 Å². The number of carbonyl (C=O) groups excluding carboxylic acids is 1. The zero-order valence-corrected chi connectivity index (χ0v) is 13.4. The highest BCUT2D eigenvalue weighted by Crippen LogP contribution is 2.18. The molecule has 0 saturated carbocycles. The van der Waals surface area contributed by atoms with Gasteiger partial charge >= 0.3 is 16.3 Å². The zero-order chi connectivity index (χ0) is 15.6. The quantitative estimate of drug-likeness (QED) is 0.657. The number of thiocarbonyl (C=S) groups is 1. The predicted molar refractivity (Wildman–Crippen MR) is 78.5 cm³/mol. The number of methoxy groups -OCH3 is 1. The molecule has 0 unspecified atom stereocenters. The molecule has 8 nitrogen and oxygen atoms in total. The minimum atomic E-state index is -3.87. The Hall–Kier alpha value is -0.970. The number of nitrogens with two attached hydrogens (primary N) is 1. The van der Waals surface area contributed by atoms with Crippen LogP contribution in [0.25, 0.3) is 0 Å². The van der Waals surface area contributed by atoms with Gasteiger partial charge in [0.15, 0.2) is 0 Å². The van der Waals surface area contributed by atoms with Gasteiger partial charge in [-0.1, -0.05) is 12.2 Å². The van der Waals surface area contributed by atoms with E-state index in [2.05, 4.69) is 4.74 Å². The number of carbonyl (C=O) groups is 1. The lowest BCUT2D eigenvalue weighted by molar-refractivity contribution is 0.122. The van der Waals surface area contributed by atoms with Crippen LogP contribution in [-0.4, -0.2) is 67.5 Å². The van der Waals surface area contributed by atoms with Crippen molar-refractivity contribution in [2.75, 3.05) is 33.3 Å². The summed E-state index contributed by atoms with van der Waals surface area (Å²) in [5, 5.41) is 0. The Labute approximate surface area is 124 Å². The molecule has 0 aliphatic carbocycles. The van der Waals surface area contributed by atoms with Gasteiger partial charge in [0, 0.05) is 26.2 Å². The summed E-state index contributed by atoms with van der Waals surface area (Å²) >= 11 is 5.02. The highest BCUT2D eigenvalue weighted by molar-refractivity contribution is 7.87. The van der Waals surface area contributed by atoms with Gasteiger partial charge in [-0.2, -0.15) is 12.7 Å². The molecule has 20 heavy (non-hydrogen) atoms. The largest absolute Gasteiger partial charge is 0.452 e. The Bertz CT molecular complexity index is 483. The molecule has 1 fully saturated rings. The van der Waals surface area contributed by atoms with Crippen LogP contribution in [0.1, 0.15) is 13.8 Å². The Morgan fingerprint density at radius 1 is 1.30 bits per heavy atom. The third-order valence-corrected chi connectivity index (χ3v) is 5.34. The van der Waals surface area contributed by atoms with Gasteiger partial charge in [-0.3, -0.25) is 4.90 Å². The van der Waals surface area contributed by atoms with Crippen molar-refractivity contribution in [3.05, 3.63) is 0 Å². The third kappa shape index (κ3) is 3.78. The molecule has 0 bridgehead atoms. The van der Waals surface area contributed by atoms with Crippen molar-refractivity contribution in [2.45, 2.75) is 19.4 Å². The molecule has 0 radical (unpaired) electrons.